The van der Waals surface area contributed by atoms with Gasteiger partial charge in [-0.1, -0.05) is 16.8 Å². The van der Waals surface area contributed by atoms with E-state index >= 15 is 0 Å². The Bertz CT molecular complexity index is 659. The first-order chi connectivity index (χ1) is 10.6. The number of nitrogens with zero attached hydrogens (tertiary/aromatic N) is 6. The second kappa shape index (κ2) is 6.27. The highest BCUT2D eigenvalue weighted by molar-refractivity contribution is 6.30. The number of aromatic nitrogens is 5. The van der Waals surface area contributed by atoms with E-state index in [9.17, 15) is 4.79 Å². The zero-order valence-corrected chi connectivity index (χ0v) is 12.8. The summed E-state index contributed by atoms with van der Waals surface area (Å²) >= 11 is 5.74. The van der Waals surface area contributed by atoms with Crippen molar-refractivity contribution >= 4 is 17.5 Å². The summed E-state index contributed by atoms with van der Waals surface area (Å²) in [4.78, 5) is 22.1. The molecule has 1 amide bonds. The fourth-order valence-corrected chi connectivity index (χ4v) is 2.43. The number of ether oxygens (including phenoxy) is 1. The second-order valence-electron chi connectivity index (χ2n) is 5.09. The number of carbonyl (C=O) groups excluding carboxylic acids is 1. The van der Waals surface area contributed by atoms with Crippen molar-refractivity contribution < 1.29 is 9.53 Å². The van der Waals surface area contributed by atoms with Crippen LogP contribution in [0, 0.1) is 0 Å². The lowest BCUT2D eigenvalue weighted by molar-refractivity contribution is 0.0510. The van der Waals surface area contributed by atoms with Crippen molar-refractivity contribution in [1.82, 2.24) is 29.9 Å². The largest absolute Gasteiger partial charge is 0.458 e. The summed E-state index contributed by atoms with van der Waals surface area (Å²) in [5.41, 5.74) is 0.339. The van der Waals surface area contributed by atoms with Crippen molar-refractivity contribution in [2.24, 2.45) is 7.05 Å². The van der Waals surface area contributed by atoms with E-state index in [1.807, 2.05) is 0 Å². The summed E-state index contributed by atoms with van der Waals surface area (Å²) in [6.07, 6.45) is 6.12. The molecule has 0 bridgehead atoms. The molecule has 0 aliphatic carbocycles. The van der Waals surface area contributed by atoms with E-state index in [1.54, 1.807) is 18.1 Å². The van der Waals surface area contributed by atoms with E-state index in [0.717, 1.165) is 12.8 Å². The number of hydrogen-bond donors (Lipinski definition) is 0. The molecule has 2 aromatic rings. The Kier molecular flexibility index (Phi) is 4.19. The summed E-state index contributed by atoms with van der Waals surface area (Å²) in [6, 6.07) is 0.267. The van der Waals surface area contributed by atoms with Gasteiger partial charge in [-0.15, -0.1) is 5.10 Å². The summed E-state index contributed by atoms with van der Waals surface area (Å²) in [6.45, 7) is 1.15. The number of hydrogen-bond acceptors (Lipinski definition) is 6. The van der Waals surface area contributed by atoms with Gasteiger partial charge in [0.05, 0.1) is 30.2 Å². The van der Waals surface area contributed by atoms with Gasteiger partial charge in [0.15, 0.2) is 5.69 Å². The molecule has 1 saturated heterocycles. The fraction of sp³-hybridized carbons (Fsp3) is 0.462. The van der Waals surface area contributed by atoms with E-state index in [0.29, 0.717) is 23.8 Å². The zero-order chi connectivity index (χ0) is 15.5. The normalized spacial score (nSPS) is 18.3. The highest BCUT2D eigenvalue weighted by Crippen LogP contribution is 2.17. The van der Waals surface area contributed by atoms with E-state index < -0.39 is 0 Å². The highest BCUT2D eigenvalue weighted by Gasteiger charge is 2.27. The minimum absolute atomic E-state index is 0.140. The van der Waals surface area contributed by atoms with Gasteiger partial charge in [0.1, 0.15) is 6.10 Å². The van der Waals surface area contributed by atoms with Crippen LogP contribution < -0.4 is 4.74 Å². The topological polar surface area (TPSA) is 86.0 Å². The molecule has 0 saturated carbocycles. The van der Waals surface area contributed by atoms with Crippen molar-refractivity contribution in [2.75, 3.05) is 13.1 Å². The maximum atomic E-state index is 12.4. The molecule has 3 rings (SSSR count). The molecule has 3 heterocycles. The van der Waals surface area contributed by atoms with Crippen LogP contribution in [0.3, 0.4) is 0 Å². The standard InChI is InChI=1S/C13H15ClN6O2/c1-19-8-11(17-18-19)12(21)20-4-2-3-10(7-20)22-13-15-5-9(14)6-16-13/h5-6,8,10H,2-4,7H2,1H3/t10-/m1/s1. The Labute approximate surface area is 132 Å². The summed E-state index contributed by atoms with van der Waals surface area (Å²) < 4.78 is 7.22. The van der Waals surface area contributed by atoms with Crippen molar-refractivity contribution in [3.05, 3.63) is 29.3 Å². The van der Waals surface area contributed by atoms with Gasteiger partial charge in [0.2, 0.25) is 0 Å². The van der Waals surface area contributed by atoms with E-state index in [4.69, 9.17) is 16.3 Å². The van der Waals surface area contributed by atoms with Crippen molar-refractivity contribution in [2.45, 2.75) is 18.9 Å². The molecule has 8 nitrogen and oxygen atoms in total. The molecule has 116 valence electrons. The van der Waals surface area contributed by atoms with E-state index in [2.05, 4.69) is 20.3 Å². The van der Waals surface area contributed by atoms with Gasteiger partial charge in [-0.3, -0.25) is 9.48 Å². The average Bonchev–Trinajstić information content (AvgIpc) is 2.96. The molecule has 1 fully saturated rings. The average molecular weight is 323 g/mol. The lowest BCUT2D eigenvalue weighted by atomic mass is 10.1. The van der Waals surface area contributed by atoms with Crippen LogP contribution in [0.4, 0.5) is 0 Å². The Morgan fingerprint density at radius 3 is 2.86 bits per heavy atom. The van der Waals surface area contributed by atoms with Gasteiger partial charge in [-0.05, 0) is 12.8 Å². The zero-order valence-electron chi connectivity index (χ0n) is 12.0. The fourth-order valence-electron chi connectivity index (χ4n) is 2.34. The molecule has 9 heteroatoms. The number of halogens is 1. The number of amides is 1. The summed E-state index contributed by atoms with van der Waals surface area (Å²) in [5.74, 6) is -0.140. The highest BCUT2D eigenvalue weighted by atomic mass is 35.5. The van der Waals surface area contributed by atoms with Crippen molar-refractivity contribution in [3.8, 4) is 6.01 Å². The number of piperidine rings is 1. The predicted octanol–water partition coefficient (Wildman–Crippen LogP) is 0.942. The predicted molar refractivity (Wildman–Crippen MR) is 77.6 cm³/mol. The number of aryl methyl sites for hydroxylation is 1. The maximum Gasteiger partial charge on any atom is 0.316 e. The molecule has 0 spiro atoms. The maximum absolute atomic E-state index is 12.4. The molecule has 0 aromatic carbocycles. The molecule has 1 aliphatic rings. The van der Waals surface area contributed by atoms with Crippen LogP contribution >= 0.6 is 11.6 Å². The first kappa shape index (κ1) is 14.7. The molecule has 0 radical (unpaired) electrons. The first-order valence-electron chi connectivity index (χ1n) is 6.91. The number of rotatable bonds is 3. The molecule has 0 N–H and O–H groups in total. The lowest BCUT2D eigenvalue weighted by Crippen LogP contribution is -2.44. The third kappa shape index (κ3) is 3.33. The Balaban J connectivity index is 1.63. The Morgan fingerprint density at radius 1 is 1.41 bits per heavy atom. The third-order valence-corrected chi connectivity index (χ3v) is 3.55. The van der Waals surface area contributed by atoms with E-state index in [-0.39, 0.29) is 18.0 Å². The smallest absolute Gasteiger partial charge is 0.316 e. The SMILES string of the molecule is Cn1cc(C(=O)N2CCC[C@@H](Oc3ncc(Cl)cn3)C2)nn1. The molecule has 1 atom stereocenters. The number of carbonyl (C=O) groups is 1. The first-order valence-corrected chi connectivity index (χ1v) is 7.29. The van der Waals surface area contributed by atoms with Gasteiger partial charge in [-0.25, -0.2) is 9.97 Å². The van der Waals surface area contributed by atoms with Crippen LogP contribution in [-0.2, 0) is 7.05 Å². The van der Waals surface area contributed by atoms with Crippen LogP contribution in [0.2, 0.25) is 5.02 Å². The van der Waals surface area contributed by atoms with Gasteiger partial charge >= 0.3 is 6.01 Å². The van der Waals surface area contributed by atoms with Crippen LogP contribution in [0.15, 0.2) is 18.6 Å². The quantitative estimate of drug-likeness (QED) is 0.836. The van der Waals surface area contributed by atoms with Gasteiger partial charge in [0.25, 0.3) is 5.91 Å². The van der Waals surface area contributed by atoms with Crippen LogP contribution in [0.5, 0.6) is 6.01 Å². The molecule has 1 aliphatic heterocycles. The molecule has 2 aromatic heterocycles. The van der Waals surface area contributed by atoms with Gasteiger partial charge in [0, 0.05) is 13.6 Å². The molecular formula is C13H15ClN6O2. The monoisotopic (exact) mass is 322 g/mol. The lowest BCUT2D eigenvalue weighted by Gasteiger charge is -2.31. The van der Waals surface area contributed by atoms with Crippen LogP contribution in [-0.4, -0.2) is 55.0 Å². The van der Waals surface area contributed by atoms with Crippen LogP contribution in [0.25, 0.3) is 0 Å². The minimum atomic E-state index is -0.143. The van der Waals surface area contributed by atoms with Crippen LogP contribution in [0.1, 0.15) is 23.3 Å². The van der Waals surface area contributed by atoms with Gasteiger partial charge < -0.3 is 9.64 Å². The van der Waals surface area contributed by atoms with E-state index in [1.165, 1.54) is 17.1 Å². The third-order valence-electron chi connectivity index (χ3n) is 3.36. The minimum Gasteiger partial charge on any atom is -0.458 e. The summed E-state index contributed by atoms with van der Waals surface area (Å²) in [5, 5.41) is 8.09. The molecular weight excluding hydrogens is 308 g/mol. The summed E-state index contributed by atoms with van der Waals surface area (Å²) in [7, 11) is 1.73. The molecule has 0 unspecified atom stereocenters. The van der Waals surface area contributed by atoms with Crippen molar-refractivity contribution in [1.29, 1.82) is 0 Å². The Morgan fingerprint density at radius 2 is 2.18 bits per heavy atom. The number of likely N-dealkylation sites (tertiary alicyclic amines) is 1. The van der Waals surface area contributed by atoms with Gasteiger partial charge in [-0.2, -0.15) is 0 Å². The Hall–Kier alpha value is -2.22. The van der Waals surface area contributed by atoms with Crippen molar-refractivity contribution in [3.63, 3.8) is 0 Å². The second-order valence-corrected chi connectivity index (χ2v) is 5.53. The molecule has 22 heavy (non-hydrogen) atoms.